The fraction of sp³-hybridized carbons (Fsp3) is 0.100. The Balaban J connectivity index is 1.84. The zero-order valence-corrected chi connectivity index (χ0v) is 16.6. The number of nitrogens with zero attached hydrogens (tertiary/aromatic N) is 3. The number of aromatic nitrogens is 3. The average Bonchev–Trinajstić information content (AvgIpc) is 3.22. The van der Waals surface area contributed by atoms with Crippen molar-refractivity contribution in [3.63, 3.8) is 0 Å². The number of amides is 1. The fourth-order valence-electron chi connectivity index (χ4n) is 3.02. The van der Waals surface area contributed by atoms with Crippen LogP contribution in [-0.4, -0.2) is 26.8 Å². The van der Waals surface area contributed by atoms with E-state index < -0.39 is 23.6 Å². The number of para-hydroxylation sites is 1. The van der Waals surface area contributed by atoms with Gasteiger partial charge >= 0.3 is 6.36 Å². The summed E-state index contributed by atoms with van der Waals surface area (Å²) in [7, 11) is 1.45. The number of ether oxygens (including phenoxy) is 1. The second-order valence-corrected chi connectivity index (χ2v) is 7.26. The van der Waals surface area contributed by atoms with E-state index in [-0.39, 0.29) is 27.9 Å². The Morgan fingerprint density at radius 2 is 1.97 bits per heavy atom. The molecule has 2 heterocycles. The highest BCUT2D eigenvalue weighted by Gasteiger charge is 2.31. The predicted octanol–water partition coefficient (Wildman–Crippen LogP) is 4.21. The Kier molecular flexibility index (Phi) is 5.19. The minimum Gasteiger partial charge on any atom is -0.406 e. The minimum atomic E-state index is -4.86. The lowest BCUT2D eigenvalue weighted by Gasteiger charge is -2.13. The van der Waals surface area contributed by atoms with Gasteiger partial charge in [0.2, 0.25) is 0 Å². The molecule has 158 valence electrons. The van der Waals surface area contributed by atoms with Gasteiger partial charge in [0.05, 0.1) is 16.5 Å². The van der Waals surface area contributed by atoms with E-state index >= 15 is 0 Å². The Labute approximate surface area is 176 Å². The molecule has 2 aromatic carbocycles. The van der Waals surface area contributed by atoms with Gasteiger partial charge < -0.3 is 4.74 Å². The molecule has 0 bridgehead atoms. The molecule has 11 heteroatoms. The Morgan fingerprint density at radius 1 is 1.19 bits per heavy atom. The number of halogens is 3. The first-order valence-electron chi connectivity index (χ1n) is 8.80. The van der Waals surface area contributed by atoms with Gasteiger partial charge in [0.15, 0.2) is 5.13 Å². The largest absolute Gasteiger partial charge is 0.573 e. The second-order valence-electron chi connectivity index (χ2n) is 6.37. The lowest BCUT2D eigenvalue weighted by molar-refractivity contribution is -0.274. The maximum Gasteiger partial charge on any atom is 0.573 e. The van der Waals surface area contributed by atoms with Crippen molar-refractivity contribution in [2.75, 3.05) is 5.32 Å². The van der Waals surface area contributed by atoms with Gasteiger partial charge in [-0.1, -0.05) is 18.2 Å². The van der Waals surface area contributed by atoms with Crippen LogP contribution in [0.4, 0.5) is 18.3 Å². The second kappa shape index (κ2) is 7.84. The average molecular weight is 446 g/mol. The third-order valence-electron chi connectivity index (χ3n) is 4.33. The first-order chi connectivity index (χ1) is 14.7. The van der Waals surface area contributed by atoms with E-state index in [1.165, 1.54) is 53.4 Å². The molecule has 0 aliphatic carbocycles. The van der Waals surface area contributed by atoms with Gasteiger partial charge in [0.25, 0.3) is 11.5 Å². The maximum absolute atomic E-state index is 12.9. The van der Waals surface area contributed by atoms with E-state index in [1.54, 1.807) is 11.4 Å². The molecule has 4 rings (SSSR count). The first kappa shape index (κ1) is 20.5. The Morgan fingerprint density at radius 3 is 2.68 bits per heavy atom. The van der Waals surface area contributed by atoms with E-state index in [4.69, 9.17) is 0 Å². The third kappa shape index (κ3) is 4.26. The summed E-state index contributed by atoms with van der Waals surface area (Å²) < 4.78 is 42.9. The van der Waals surface area contributed by atoms with Gasteiger partial charge in [0.1, 0.15) is 11.6 Å². The van der Waals surface area contributed by atoms with Crippen molar-refractivity contribution in [1.82, 2.24) is 14.5 Å². The van der Waals surface area contributed by atoms with Crippen molar-refractivity contribution in [3.8, 4) is 17.1 Å². The van der Waals surface area contributed by atoms with Gasteiger partial charge in [-0.15, -0.1) is 24.5 Å². The van der Waals surface area contributed by atoms with Gasteiger partial charge in [0, 0.05) is 24.2 Å². The summed E-state index contributed by atoms with van der Waals surface area (Å²) in [4.78, 5) is 34.1. The van der Waals surface area contributed by atoms with E-state index in [0.29, 0.717) is 5.13 Å². The number of fused-ring (bicyclic) bond motifs is 1. The molecule has 7 nitrogen and oxygen atoms in total. The highest BCUT2D eigenvalue weighted by Crippen LogP contribution is 2.28. The predicted molar refractivity (Wildman–Crippen MR) is 109 cm³/mol. The van der Waals surface area contributed by atoms with Gasteiger partial charge in [-0.3, -0.25) is 19.5 Å². The molecule has 0 unspecified atom stereocenters. The van der Waals surface area contributed by atoms with Crippen LogP contribution in [-0.2, 0) is 7.05 Å². The zero-order chi connectivity index (χ0) is 22.2. The number of rotatable bonds is 4. The Bertz CT molecular complexity index is 1330. The number of anilines is 1. The first-order valence-corrected chi connectivity index (χ1v) is 9.68. The molecule has 1 amide bonds. The van der Waals surface area contributed by atoms with Crippen molar-refractivity contribution in [2.24, 2.45) is 7.05 Å². The number of hydrogen-bond acceptors (Lipinski definition) is 6. The highest BCUT2D eigenvalue weighted by molar-refractivity contribution is 7.13. The summed E-state index contributed by atoms with van der Waals surface area (Å²) in [5.41, 5.74) is 0.0237. The SMILES string of the molecule is Cn1c(-c2cccc(OC(F)(F)F)c2)nc2c(C(=O)Nc3nccs3)cccc2c1=O. The summed E-state index contributed by atoms with van der Waals surface area (Å²) in [6.45, 7) is 0. The normalized spacial score (nSPS) is 11.5. The van der Waals surface area contributed by atoms with Crippen LogP contribution in [0.1, 0.15) is 10.4 Å². The smallest absolute Gasteiger partial charge is 0.406 e. The van der Waals surface area contributed by atoms with Gasteiger partial charge in [-0.2, -0.15) is 0 Å². The van der Waals surface area contributed by atoms with E-state index in [2.05, 4.69) is 20.0 Å². The van der Waals surface area contributed by atoms with Crippen molar-refractivity contribution in [1.29, 1.82) is 0 Å². The Hall–Kier alpha value is -3.73. The number of hydrogen-bond donors (Lipinski definition) is 1. The molecule has 31 heavy (non-hydrogen) atoms. The third-order valence-corrected chi connectivity index (χ3v) is 5.02. The van der Waals surface area contributed by atoms with Crippen molar-refractivity contribution in [3.05, 3.63) is 70.0 Å². The van der Waals surface area contributed by atoms with E-state index in [9.17, 15) is 22.8 Å². The molecule has 0 radical (unpaired) electrons. The summed E-state index contributed by atoms with van der Waals surface area (Å²) in [6, 6.07) is 9.70. The highest BCUT2D eigenvalue weighted by atomic mass is 32.1. The lowest BCUT2D eigenvalue weighted by atomic mass is 10.1. The van der Waals surface area contributed by atoms with Crippen molar-refractivity contribution < 1.29 is 22.7 Å². The molecule has 0 spiro atoms. The molecule has 0 aliphatic rings. The topological polar surface area (TPSA) is 86.1 Å². The molecular formula is C20H13F3N4O3S. The summed E-state index contributed by atoms with van der Waals surface area (Å²) in [5, 5.41) is 4.90. The minimum absolute atomic E-state index is 0.0830. The lowest BCUT2D eigenvalue weighted by Crippen LogP contribution is -2.22. The van der Waals surface area contributed by atoms with Crippen LogP contribution >= 0.6 is 11.3 Å². The summed E-state index contributed by atoms with van der Waals surface area (Å²) in [5.74, 6) is -0.879. The number of thiazole rings is 1. The molecule has 0 saturated heterocycles. The number of benzene rings is 2. The summed E-state index contributed by atoms with van der Waals surface area (Å²) >= 11 is 1.23. The number of nitrogens with one attached hydrogen (secondary N) is 1. The van der Waals surface area contributed by atoms with Crippen LogP contribution in [0.2, 0.25) is 0 Å². The molecule has 0 aliphatic heterocycles. The van der Waals surface area contributed by atoms with Crippen molar-refractivity contribution in [2.45, 2.75) is 6.36 Å². The molecule has 4 aromatic rings. The number of carbonyl (C=O) groups is 1. The van der Waals surface area contributed by atoms with E-state index in [0.717, 1.165) is 12.1 Å². The van der Waals surface area contributed by atoms with Crippen LogP contribution in [0.25, 0.3) is 22.3 Å². The number of carbonyl (C=O) groups excluding carboxylic acids is 1. The maximum atomic E-state index is 12.9. The molecule has 2 aromatic heterocycles. The number of alkyl halides is 3. The van der Waals surface area contributed by atoms with Crippen LogP contribution in [0.3, 0.4) is 0 Å². The molecule has 0 saturated carbocycles. The van der Waals surface area contributed by atoms with Gasteiger partial charge in [-0.05, 0) is 24.3 Å². The zero-order valence-electron chi connectivity index (χ0n) is 15.8. The standard InChI is InChI=1S/C20H13F3N4O3S/c1-27-16(11-4-2-5-12(10-11)30-20(21,22)23)25-15-13(6-3-7-14(15)18(27)29)17(28)26-19-24-8-9-31-19/h2-10H,1H3,(H,24,26,28). The molecule has 1 N–H and O–H groups in total. The van der Waals surface area contributed by atoms with Crippen LogP contribution in [0.5, 0.6) is 5.75 Å². The summed E-state index contributed by atoms with van der Waals surface area (Å²) in [6.07, 6.45) is -3.33. The molecule has 0 atom stereocenters. The van der Waals surface area contributed by atoms with Gasteiger partial charge in [-0.25, -0.2) is 9.97 Å². The van der Waals surface area contributed by atoms with Crippen LogP contribution in [0, 0.1) is 0 Å². The van der Waals surface area contributed by atoms with E-state index in [1.807, 2.05) is 0 Å². The quantitative estimate of drug-likeness (QED) is 0.508. The van der Waals surface area contributed by atoms with Crippen LogP contribution in [0.15, 0.2) is 58.8 Å². The fourth-order valence-corrected chi connectivity index (χ4v) is 3.54. The van der Waals surface area contributed by atoms with Crippen molar-refractivity contribution >= 4 is 33.3 Å². The molecular weight excluding hydrogens is 433 g/mol. The van der Waals surface area contributed by atoms with Crippen LogP contribution < -0.4 is 15.6 Å². The monoisotopic (exact) mass is 446 g/mol. The molecule has 0 fully saturated rings.